The van der Waals surface area contributed by atoms with Crippen molar-refractivity contribution in [3.8, 4) is 0 Å². The third-order valence-corrected chi connectivity index (χ3v) is 1.76. The maximum absolute atomic E-state index is 11.1. The standard InChI is InChI=1S/C8H9NO4/c1-5-4-6(10)9(8(5)13)3-2-7(11)12/h1-4H2,(H,11,12). The van der Waals surface area contributed by atoms with Gasteiger partial charge in [0.25, 0.3) is 5.91 Å². The smallest absolute Gasteiger partial charge is 0.305 e. The molecule has 1 rings (SSSR count). The van der Waals surface area contributed by atoms with Crippen molar-refractivity contribution in [1.82, 2.24) is 4.90 Å². The fraction of sp³-hybridized carbons (Fsp3) is 0.375. The minimum atomic E-state index is -1.03. The van der Waals surface area contributed by atoms with E-state index in [9.17, 15) is 14.4 Å². The Hall–Kier alpha value is -1.65. The van der Waals surface area contributed by atoms with Crippen molar-refractivity contribution in [2.24, 2.45) is 0 Å². The monoisotopic (exact) mass is 183 g/mol. The zero-order chi connectivity index (χ0) is 10.0. The Morgan fingerprint density at radius 1 is 1.54 bits per heavy atom. The van der Waals surface area contributed by atoms with Gasteiger partial charge in [-0.2, -0.15) is 0 Å². The summed E-state index contributed by atoms with van der Waals surface area (Å²) < 4.78 is 0. The highest BCUT2D eigenvalue weighted by atomic mass is 16.4. The van der Waals surface area contributed by atoms with Crippen LogP contribution in [0.2, 0.25) is 0 Å². The second-order valence-electron chi connectivity index (χ2n) is 2.77. The van der Waals surface area contributed by atoms with Gasteiger partial charge in [0, 0.05) is 12.1 Å². The summed E-state index contributed by atoms with van der Waals surface area (Å²) in [7, 11) is 0. The van der Waals surface area contributed by atoms with Crippen LogP contribution in [-0.2, 0) is 14.4 Å². The van der Waals surface area contributed by atoms with E-state index < -0.39 is 11.9 Å². The lowest BCUT2D eigenvalue weighted by Crippen LogP contribution is -2.31. The molecule has 13 heavy (non-hydrogen) atoms. The summed E-state index contributed by atoms with van der Waals surface area (Å²) in [6.07, 6.45) is -0.205. The Morgan fingerprint density at radius 2 is 2.15 bits per heavy atom. The zero-order valence-corrected chi connectivity index (χ0v) is 6.95. The van der Waals surface area contributed by atoms with Gasteiger partial charge < -0.3 is 5.11 Å². The van der Waals surface area contributed by atoms with E-state index in [1.807, 2.05) is 0 Å². The van der Waals surface area contributed by atoms with Crippen LogP contribution >= 0.6 is 0 Å². The molecule has 0 spiro atoms. The molecule has 0 aromatic carbocycles. The van der Waals surface area contributed by atoms with Gasteiger partial charge in [-0.05, 0) is 0 Å². The molecule has 0 bridgehead atoms. The molecule has 2 amide bonds. The molecule has 0 aromatic rings. The minimum Gasteiger partial charge on any atom is -0.481 e. The Bertz CT molecular complexity index is 295. The quantitative estimate of drug-likeness (QED) is 0.484. The molecule has 1 aliphatic rings. The van der Waals surface area contributed by atoms with Crippen LogP contribution in [0.1, 0.15) is 12.8 Å². The van der Waals surface area contributed by atoms with Gasteiger partial charge >= 0.3 is 5.97 Å². The van der Waals surface area contributed by atoms with Gasteiger partial charge in [-0.15, -0.1) is 0 Å². The van der Waals surface area contributed by atoms with Crippen molar-refractivity contribution >= 4 is 17.8 Å². The van der Waals surface area contributed by atoms with Crippen LogP contribution in [0.3, 0.4) is 0 Å². The van der Waals surface area contributed by atoms with Gasteiger partial charge in [0.2, 0.25) is 5.91 Å². The van der Waals surface area contributed by atoms with Crippen molar-refractivity contribution in [2.45, 2.75) is 12.8 Å². The molecule has 0 saturated carbocycles. The fourth-order valence-corrected chi connectivity index (χ4v) is 1.09. The summed E-state index contributed by atoms with van der Waals surface area (Å²) in [4.78, 5) is 33.3. The normalized spacial score (nSPS) is 16.9. The van der Waals surface area contributed by atoms with E-state index in [2.05, 4.69) is 6.58 Å². The van der Waals surface area contributed by atoms with Crippen LogP contribution in [-0.4, -0.2) is 34.3 Å². The number of likely N-dealkylation sites (tertiary alicyclic amines) is 1. The molecule has 1 saturated heterocycles. The lowest BCUT2D eigenvalue weighted by molar-refractivity contribution is -0.140. The predicted octanol–water partition coefficient (Wildman–Crippen LogP) is -0.224. The predicted molar refractivity (Wildman–Crippen MR) is 42.7 cm³/mol. The van der Waals surface area contributed by atoms with Crippen LogP contribution < -0.4 is 0 Å². The first kappa shape index (κ1) is 9.44. The van der Waals surface area contributed by atoms with E-state index >= 15 is 0 Å². The number of aliphatic carboxylic acids is 1. The first-order chi connectivity index (χ1) is 6.02. The van der Waals surface area contributed by atoms with Crippen LogP contribution in [0.25, 0.3) is 0 Å². The molecule has 0 atom stereocenters. The van der Waals surface area contributed by atoms with E-state index in [1.165, 1.54) is 0 Å². The number of carboxylic acid groups (broad SMARTS) is 1. The van der Waals surface area contributed by atoms with Crippen LogP contribution in [0.4, 0.5) is 0 Å². The molecule has 5 nitrogen and oxygen atoms in total. The first-order valence-corrected chi connectivity index (χ1v) is 3.76. The maximum Gasteiger partial charge on any atom is 0.305 e. The lowest BCUT2D eigenvalue weighted by Gasteiger charge is -2.10. The molecule has 0 aliphatic carbocycles. The van der Waals surface area contributed by atoms with Crippen molar-refractivity contribution in [3.05, 3.63) is 12.2 Å². The Labute approximate surface area is 74.6 Å². The molecule has 1 aliphatic heterocycles. The van der Waals surface area contributed by atoms with Crippen molar-refractivity contribution in [1.29, 1.82) is 0 Å². The molecular formula is C8H9NO4. The van der Waals surface area contributed by atoms with Crippen LogP contribution in [0.15, 0.2) is 12.2 Å². The van der Waals surface area contributed by atoms with Gasteiger partial charge in [0.1, 0.15) is 0 Å². The lowest BCUT2D eigenvalue weighted by atomic mass is 10.3. The van der Waals surface area contributed by atoms with E-state index in [4.69, 9.17) is 5.11 Å². The molecule has 0 aromatic heterocycles. The number of hydrogen-bond acceptors (Lipinski definition) is 3. The molecule has 5 heteroatoms. The van der Waals surface area contributed by atoms with E-state index in [0.29, 0.717) is 0 Å². The molecule has 0 unspecified atom stereocenters. The Kier molecular flexibility index (Phi) is 2.46. The summed E-state index contributed by atoms with van der Waals surface area (Å²) in [5.41, 5.74) is 0.232. The third-order valence-electron chi connectivity index (χ3n) is 1.76. The Morgan fingerprint density at radius 3 is 2.54 bits per heavy atom. The topological polar surface area (TPSA) is 74.7 Å². The highest BCUT2D eigenvalue weighted by Gasteiger charge is 2.32. The fourth-order valence-electron chi connectivity index (χ4n) is 1.09. The number of amides is 2. The van der Waals surface area contributed by atoms with Gasteiger partial charge in [-0.3, -0.25) is 19.3 Å². The number of carboxylic acids is 1. The summed E-state index contributed by atoms with van der Waals surface area (Å²) in [6, 6.07) is 0. The molecule has 70 valence electrons. The van der Waals surface area contributed by atoms with E-state index in [0.717, 1.165) is 4.90 Å². The molecule has 1 N–H and O–H groups in total. The summed E-state index contributed by atoms with van der Waals surface area (Å²) >= 11 is 0. The summed E-state index contributed by atoms with van der Waals surface area (Å²) in [5.74, 6) is -1.85. The molecule has 0 radical (unpaired) electrons. The number of hydrogen-bond donors (Lipinski definition) is 1. The van der Waals surface area contributed by atoms with E-state index in [1.54, 1.807) is 0 Å². The van der Waals surface area contributed by atoms with Gasteiger partial charge in [-0.25, -0.2) is 0 Å². The second kappa shape index (κ2) is 3.38. The first-order valence-electron chi connectivity index (χ1n) is 3.76. The van der Waals surface area contributed by atoms with Gasteiger partial charge in [0.05, 0.1) is 12.8 Å². The molecule has 1 fully saturated rings. The Balaban J connectivity index is 2.59. The number of imide groups is 1. The van der Waals surface area contributed by atoms with Crippen LogP contribution in [0.5, 0.6) is 0 Å². The highest BCUT2D eigenvalue weighted by molar-refractivity contribution is 6.13. The maximum atomic E-state index is 11.1. The average molecular weight is 183 g/mol. The van der Waals surface area contributed by atoms with Crippen molar-refractivity contribution < 1.29 is 19.5 Å². The summed E-state index contributed by atoms with van der Waals surface area (Å²) in [5, 5.41) is 8.34. The third kappa shape index (κ3) is 1.93. The number of rotatable bonds is 3. The summed E-state index contributed by atoms with van der Waals surface area (Å²) in [6.45, 7) is 3.34. The SMILES string of the molecule is C=C1CC(=O)N(CCC(=O)O)C1=O. The van der Waals surface area contributed by atoms with E-state index in [-0.39, 0.29) is 30.9 Å². The minimum absolute atomic E-state index is 0.0124. The average Bonchev–Trinajstić information content (AvgIpc) is 2.24. The molecule has 1 heterocycles. The van der Waals surface area contributed by atoms with Crippen molar-refractivity contribution in [3.63, 3.8) is 0 Å². The van der Waals surface area contributed by atoms with Crippen molar-refractivity contribution in [2.75, 3.05) is 6.54 Å². The van der Waals surface area contributed by atoms with Gasteiger partial charge in [-0.1, -0.05) is 6.58 Å². The molecular weight excluding hydrogens is 174 g/mol. The zero-order valence-electron chi connectivity index (χ0n) is 6.95. The number of carbonyl (C=O) groups is 3. The van der Waals surface area contributed by atoms with Gasteiger partial charge in [0.15, 0.2) is 0 Å². The highest BCUT2D eigenvalue weighted by Crippen LogP contribution is 2.16. The largest absolute Gasteiger partial charge is 0.481 e. The number of nitrogens with zero attached hydrogens (tertiary/aromatic N) is 1. The second-order valence-corrected chi connectivity index (χ2v) is 2.77. The van der Waals surface area contributed by atoms with Crippen LogP contribution in [0, 0.1) is 0 Å². The number of carbonyl (C=O) groups excluding carboxylic acids is 2.